The molecule has 0 saturated carbocycles. The fourth-order valence-electron chi connectivity index (χ4n) is 3.60. The minimum Gasteiger partial charge on any atom is -0.496 e. The van der Waals surface area contributed by atoms with Crippen molar-refractivity contribution in [2.24, 2.45) is 15.4 Å². The molecule has 4 rings (SSSR count). The van der Waals surface area contributed by atoms with Crippen LogP contribution < -0.4 is 15.5 Å². The lowest BCUT2D eigenvalue weighted by molar-refractivity contribution is -0.136. The van der Waals surface area contributed by atoms with Crippen LogP contribution in [0, 0.1) is 6.92 Å². The number of methoxy groups -OCH3 is 1. The van der Waals surface area contributed by atoms with Crippen LogP contribution in [0.3, 0.4) is 0 Å². The summed E-state index contributed by atoms with van der Waals surface area (Å²) in [4.78, 5) is 24.3. The standard InChI is InChI=1S/C24H23ClN6O3/c1-15-18(25)6-5-8-19(15)27-23(32)24(33)29-26-13-16-10-11-22(34-2)17(12-16)14-31-21-9-4-3-7-20(21)28-30-31/h3-13,20-21H,14H2,1-2H3,(H,27,32)(H,29,33)/b26-13+. The average molecular weight is 479 g/mol. The summed E-state index contributed by atoms with van der Waals surface area (Å²) in [6.07, 6.45) is 9.48. The molecule has 174 valence electrons. The van der Waals surface area contributed by atoms with Gasteiger partial charge in [-0.25, -0.2) is 5.43 Å². The number of amides is 2. The molecule has 1 aliphatic heterocycles. The summed E-state index contributed by atoms with van der Waals surface area (Å²) < 4.78 is 5.49. The number of rotatable bonds is 6. The van der Waals surface area contributed by atoms with E-state index in [1.807, 2.05) is 35.4 Å². The molecule has 10 heteroatoms. The number of anilines is 1. The topological polar surface area (TPSA) is 108 Å². The predicted molar refractivity (Wildman–Crippen MR) is 130 cm³/mol. The van der Waals surface area contributed by atoms with Crippen molar-refractivity contribution in [3.8, 4) is 5.75 Å². The van der Waals surface area contributed by atoms with E-state index in [-0.39, 0.29) is 12.1 Å². The second kappa shape index (κ2) is 10.3. The number of fused-ring (bicyclic) bond motifs is 1. The molecule has 2 N–H and O–H groups in total. The smallest absolute Gasteiger partial charge is 0.329 e. The Hall–Kier alpha value is -3.98. The van der Waals surface area contributed by atoms with E-state index in [9.17, 15) is 9.59 Å². The molecule has 2 amide bonds. The molecule has 9 nitrogen and oxygen atoms in total. The molecule has 1 heterocycles. The van der Waals surface area contributed by atoms with E-state index < -0.39 is 11.8 Å². The van der Waals surface area contributed by atoms with Crippen LogP contribution in [0.1, 0.15) is 16.7 Å². The number of carbonyl (C=O) groups is 2. The maximum atomic E-state index is 12.2. The SMILES string of the molecule is COc1ccc(/C=N/NC(=O)C(=O)Nc2cccc(Cl)c2C)cc1CN1N=NC2C=CC=CC21. The molecule has 2 aromatic rings. The van der Waals surface area contributed by atoms with Gasteiger partial charge in [0, 0.05) is 16.3 Å². The van der Waals surface area contributed by atoms with Gasteiger partial charge < -0.3 is 10.1 Å². The van der Waals surface area contributed by atoms with Crippen LogP contribution >= 0.6 is 11.6 Å². The molecule has 2 unspecified atom stereocenters. The van der Waals surface area contributed by atoms with E-state index in [0.29, 0.717) is 34.1 Å². The van der Waals surface area contributed by atoms with Crippen molar-refractivity contribution in [3.63, 3.8) is 0 Å². The highest BCUT2D eigenvalue weighted by Crippen LogP contribution is 2.28. The number of hydrogen-bond donors (Lipinski definition) is 2. The van der Waals surface area contributed by atoms with Gasteiger partial charge in [0.1, 0.15) is 11.8 Å². The molecule has 2 aromatic carbocycles. The number of allylic oxidation sites excluding steroid dienone is 2. The Morgan fingerprint density at radius 3 is 2.85 bits per heavy atom. The van der Waals surface area contributed by atoms with Crippen molar-refractivity contribution in [2.75, 3.05) is 12.4 Å². The van der Waals surface area contributed by atoms with E-state index in [4.69, 9.17) is 16.3 Å². The van der Waals surface area contributed by atoms with Crippen LogP contribution in [-0.4, -0.2) is 42.2 Å². The molecule has 0 aromatic heterocycles. The van der Waals surface area contributed by atoms with Gasteiger partial charge in [0.15, 0.2) is 0 Å². The van der Waals surface area contributed by atoms with Crippen molar-refractivity contribution in [1.29, 1.82) is 0 Å². The van der Waals surface area contributed by atoms with E-state index in [2.05, 4.69) is 32.3 Å². The molecule has 0 radical (unpaired) electrons. The monoisotopic (exact) mass is 478 g/mol. The lowest BCUT2D eigenvalue weighted by Crippen LogP contribution is -2.32. The van der Waals surface area contributed by atoms with Crippen LogP contribution in [0.4, 0.5) is 5.69 Å². The number of nitrogens with zero attached hydrogens (tertiary/aromatic N) is 4. The Bertz CT molecular complexity index is 1220. The number of carbonyl (C=O) groups excluding carboxylic acids is 2. The summed E-state index contributed by atoms with van der Waals surface area (Å²) in [6, 6.07) is 10.6. The largest absolute Gasteiger partial charge is 0.496 e. The Labute approximate surface area is 201 Å². The van der Waals surface area contributed by atoms with E-state index in [1.165, 1.54) is 6.21 Å². The highest BCUT2D eigenvalue weighted by molar-refractivity contribution is 6.40. The number of hydrazone groups is 1. The number of nitrogens with one attached hydrogen (secondary N) is 2. The summed E-state index contributed by atoms with van der Waals surface area (Å²) in [5.41, 5.74) is 4.97. The van der Waals surface area contributed by atoms with Crippen LogP contribution in [0.5, 0.6) is 5.75 Å². The van der Waals surface area contributed by atoms with Crippen LogP contribution in [-0.2, 0) is 16.1 Å². The molecule has 0 spiro atoms. The summed E-state index contributed by atoms with van der Waals surface area (Å²) in [5.74, 6) is -1.04. The molecule has 0 fully saturated rings. The third-order valence-corrected chi connectivity index (χ3v) is 5.87. The minimum atomic E-state index is -0.898. The fraction of sp³-hybridized carbons (Fsp3) is 0.208. The summed E-state index contributed by atoms with van der Waals surface area (Å²) >= 11 is 6.05. The molecule has 2 aliphatic rings. The van der Waals surface area contributed by atoms with Gasteiger partial charge in [-0.3, -0.25) is 14.6 Å². The third-order valence-electron chi connectivity index (χ3n) is 5.46. The average Bonchev–Trinajstić information content (AvgIpc) is 3.25. The van der Waals surface area contributed by atoms with Crippen molar-refractivity contribution < 1.29 is 14.3 Å². The van der Waals surface area contributed by atoms with Crippen molar-refractivity contribution in [3.05, 3.63) is 82.4 Å². The van der Waals surface area contributed by atoms with Gasteiger partial charge in [-0.15, -0.1) is 0 Å². The minimum absolute atomic E-state index is 0.0119. The summed E-state index contributed by atoms with van der Waals surface area (Å²) in [5, 5.41) is 17.4. The maximum Gasteiger partial charge on any atom is 0.329 e. The third kappa shape index (κ3) is 5.15. The summed E-state index contributed by atoms with van der Waals surface area (Å²) in [6.45, 7) is 2.24. The van der Waals surface area contributed by atoms with Crippen molar-refractivity contribution >= 4 is 35.3 Å². The number of ether oxygens (including phenoxy) is 1. The number of halogens is 1. The first-order valence-corrected chi connectivity index (χ1v) is 10.9. The maximum absolute atomic E-state index is 12.2. The Morgan fingerprint density at radius 2 is 2.03 bits per heavy atom. The first kappa shape index (κ1) is 23.2. The predicted octanol–water partition coefficient (Wildman–Crippen LogP) is 3.79. The molecular formula is C24H23ClN6O3. The zero-order valence-corrected chi connectivity index (χ0v) is 19.4. The quantitative estimate of drug-likeness (QED) is 0.374. The van der Waals surface area contributed by atoms with Gasteiger partial charge in [-0.05, 0) is 48.4 Å². The van der Waals surface area contributed by atoms with Gasteiger partial charge in [0.25, 0.3) is 0 Å². The Kier molecular flexibility index (Phi) is 7.03. The molecule has 1 aliphatic carbocycles. The lowest BCUT2D eigenvalue weighted by atomic mass is 10.0. The van der Waals surface area contributed by atoms with E-state index in [1.54, 1.807) is 38.3 Å². The highest BCUT2D eigenvalue weighted by atomic mass is 35.5. The molecule has 2 atom stereocenters. The van der Waals surface area contributed by atoms with Gasteiger partial charge in [0.05, 0.1) is 25.9 Å². The van der Waals surface area contributed by atoms with Gasteiger partial charge in [0.2, 0.25) is 0 Å². The zero-order valence-electron chi connectivity index (χ0n) is 18.6. The first-order chi connectivity index (χ1) is 16.5. The van der Waals surface area contributed by atoms with Crippen molar-refractivity contribution in [2.45, 2.75) is 25.6 Å². The van der Waals surface area contributed by atoms with Crippen LogP contribution in [0.25, 0.3) is 0 Å². The Morgan fingerprint density at radius 1 is 1.21 bits per heavy atom. The number of hydrogen-bond acceptors (Lipinski definition) is 7. The zero-order chi connectivity index (χ0) is 24.1. The fourth-order valence-corrected chi connectivity index (χ4v) is 3.78. The molecule has 34 heavy (non-hydrogen) atoms. The van der Waals surface area contributed by atoms with E-state index in [0.717, 1.165) is 5.56 Å². The summed E-state index contributed by atoms with van der Waals surface area (Å²) in [7, 11) is 1.60. The number of benzene rings is 2. The molecular weight excluding hydrogens is 456 g/mol. The van der Waals surface area contributed by atoms with Gasteiger partial charge in [-0.2, -0.15) is 10.2 Å². The van der Waals surface area contributed by atoms with Crippen molar-refractivity contribution in [1.82, 2.24) is 10.4 Å². The van der Waals surface area contributed by atoms with Gasteiger partial charge >= 0.3 is 11.8 Å². The van der Waals surface area contributed by atoms with Crippen LogP contribution in [0.2, 0.25) is 5.02 Å². The molecule has 0 bridgehead atoms. The highest BCUT2D eigenvalue weighted by Gasteiger charge is 2.30. The lowest BCUT2D eigenvalue weighted by Gasteiger charge is -2.24. The Balaban J connectivity index is 1.39. The molecule has 0 saturated heterocycles. The van der Waals surface area contributed by atoms with Crippen LogP contribution in [0.15, 0.2) is 76.1 Å². The second-order valence-corrected chi connectivity index (χ2v) is 8.10. The normalized spacial score (nSPS) is 18.3. The second-order valence-electron chi connectivity index (χ2n) is 7.69. The first-order valence-electron chi connectivity index (χ1n) is 10.5. The van der Waals surface area contributed by atoms with E-state index >= 15 is 0 Å². The van der Waals surface area contributed by atoms with Gasteiger partial charge in [-0.1, -0.05) is 47.2 Å².